The summed E-state index contributed by atoms with van der Waals surface area (Å²) >= 11 is 0. The van der Waals surface area contributed by atoms with Gasteiger partial charge in [-0.2, -0.15) is 0 Å². The van der Waals surface area contributed by atoms with Gasteiger partial charge in [-0.3, -0.25) is 5.32 Å². The SMILES string of the molecule is CC(C)c1ccc(NC(=O)Nc2cc(N3CCOCC3)ncn2)cc1. The summed E-state index contributed by atoms with van der Waals surface area (Å²) < 4.78 is 5.34. The van der Waals surface area contributed by atoms with E-state index in [2.05, 4.69) is 39.3 Å². The molecule has 1 fully saturated rings. The number of carbonyl (C=O) groups is 1. The minimum absolute atomic E-state index is 0.330. The van der Waals surface area contributed by atoms with Crippen LogP contribution in [0.2, 0.25) is 0 Å². The number of ether oxygens (including phenoxy) is 1. The summed E-state index contributed by atoms with van der Waals surface area (Å²) in [6.45, 7) is 7.20. The first-order chi connectivity index (χ1) is 12.1. The Morgan fingerprint density at radius 3 is 2.52 bits per heavy atom. The van der Waals surface area contributed by atoms with Crippen molar-refractivity contribution in [2.45, 2.75) is 19.8 Å². The van der Waals surface area contributed by atoms with E-state index >= 15 is 0 Å². The second-order valence-electron chi connectivity index (χ2n) is 6.22. The maximum absolute atomic E-state index is 12.2. The highest BCUT2D eigenvalue weighted by molar-refractivity contribution is 5.99. The van der Waals surface area contributed by atoms with Gasteiger partial charge in [0.05, 0.1) is 13.2 Å². The average molecular weight is 341 g/mol. The molecular formula is C18H23N5O2. The standard InChI is InChI=1S/C18H23N5O2/c1-13(2)14-3-5-15(6-4-14)21-18(24)22-16-11-17(20-12-19-16)23-7-9-25-10-8-23/h3-6,11-13H,7-10H2,1-2H3,(H2,19,20,21,22,24). The number of aromatic nitrogens is 2. The van der Waals surface area contributed by atoms with Crippen LogP contribution < -0.4 is 15.5 Å². The molecule has 0 spiro atoms. The zero-order valence-electron chi connectivity index (χ0n) is 14.5. The molecule has 0 radical (unpaired) electrons. The summed E-state index contributed by atoms with van der Waals surface area (Å²) in [5.41, 5.74) is 1.97. The lowest BCUT2D eigenvalue weighted by Gasteiger charge is -2.27. The van der Waals surface area contributed by atoms with Crippen LogP contribution in [-0.4, -0.2) is 42.3 Å². The van der Waals surface area contributed by atoms with Gasteiger partial charge in [0.15, 0.2) is 0 Å². The summed E-state index contributed by atoms with van der Waals surface area (Å²) in [6, 6.07) is 9.27. The average Bonchev–Trinajstić information content (AvgIpc) is 2.63. The highest BCUT2D eigenvalue weighted by Crippen LogP contribution is 2.18. The zero-order chi connectivity index (χ0) is 17.6. The van der Waals surface area contributed by atoms with Crippen molar-refractivity contribution in [3.63, 3.8) is 0 Å². The molecule has 1 aliphatic rings. The Morgan fingerprint density at radius 1 is 1.12 bits per heavy atom. The maximum Gasteiger partial charge on any atom is 0.324 e. The van der Waals surface area contributed by atoms with E-state index in [9.17, 15) is 4.79 Å². The van der Waals surface area contributed by atoms with E-state index in [4.69, 9.17) is 4.74 Å². The first-order valence-corrected chi connectivity index (χ1v) is 8.44. The molecule has 1 aliphatic heterocycles. The van der Waals surface area contributed by atoms with Gasteiger partial charge in [0.25, 0.3) is 0 Å². The molecule has 1 aromatic heterocycles. The number of hydrogen-bond donors (Lipinski definition) is 2. The first kappa shape index (κ1) is 17.2. The largest absolute Gasteiger partial charge is 0.378 e. The Hall–Kier alpha value is -2.67. The molecule has 0 unspecified atom stereocenters. The number of nitrogens with zero attached hydrogens (tertiary/aromatic N) is 3. The fourth-order valence-corrected chi connectivity index (χ4v) is 2.61. The number of rotatable bonds is 4. The molecule has 0 atom stereocenters. The molecule has 2 heterocycles. The van der Waals surface area contributed by atoms with E-state index in [-0.39, 0.29) is 6.03 Å². The fraction of sp³-hybridized carbons (Fsp3) is 0.389. The highest BCUT2D eigenvalue weighted by Gasteiger charge is 2.13. The maximum atomic E-state index is 12.2. The molecule has 2 aromatic rings. The van der Waals surface area contributed by atoms with Gasteiger partial charge in [-0.15, -0.1) is 0 Å². The van der Waals surface area contributed by atoms with Crippen molar-refractivity contribution in [2.24, 2.45) is 0 Å². The molecule has 1 saturated heterocycles. The summed E-state index contributed by atoms with van der Waals surface area (Å²) in [7, 11) is 0. The third-order valence-electron chi connectivity index (χ3n) is 4.06. The topological polar surface area (TPSA) is 79.4 Å². The lowest BCUT2D eigenvalue weighted by molar-refractivity contribution is 0.122. The summed E-state index contributed by atoms with van der Waals surface area (Å²) in [6.07, 6.45) is 1.46. The molecule has 0 aliphatic carbocycles. The molecule has 7 nitrogen and oxygen atoms in total. The molecule has 2 amide bonds. The predicted molar refractivity (Wildman–Crippen MR) is 98.2 cm³/mol. The number of benzene rings is 1. The van der Waals surface area contributed by atoms with Crippen molar-refractivity contribution in [2.75, 3.05) is 41.8 Å². The molecule has 2 N–H and O–H groups in total. The van der Waals surface area contributed by atoms with Crippen LogP contribution in [0, 0.1) is 0 Å². The van der Waals surface area contributed by atoms with Crippen LogP contribution in [-0.2, 0) is 4.74 Å². The van der Waals surface area contributed by atoms with Crippen LogP contribution in [0.1, 0.15) is 25.3 Å². The van der Waals surface area contributed by atoms with E-state index in [0.29, 0.717) is 24.9 Å². The molecule has 0 bridgehead atoms. The van der Waals surface area contributed by atoms with Crippen molar-refractivity contribution in [1.82, 2.24) is 9.97 Å². The number of morpholine rings is 1. The van der Waals surface area contributed by atoms with Crippen LogP contribution >= 0.6 is 0 Å². The molecule has 0 saturated carbocycles. The Morgan fingerprint density at radius 2 is 1.84 bits per heavy atom. The molecule has 132 valence electrons. The molecule has 25 heavy (non-hydrogen) atoms. The number of amides is 2. The van der Waals surface area contributed by atoms with Gasteiger partial charge in [-0.1, -0.05) is 26.0 Å². The number of hydrogen-bond acceptors (Lipinski definition) is 5. The van der Waals surface area contributed by atoms with Gasteiger partial charge < -0.3 is 15.0 Å². The van der Waals surface area contributed by atoms with Gasteiger partial charge in [-0.25, -0.2) is 14.8 Å². The summed E-state index contributed by atoms with van der Waals surface area (Å²) in [5.74, 6) is 1.71. The minimum Gasteiger partial charge on any atom is -0.378 e. The lowest BCUT2D eigenvalue weighted by Crippen LogP contribution is -2.36. The quantitative estimate of drug-likeness (QED) is 0.893. The summed E-state index contributed by atoms with van der Waals surface area (Å²) in [4.78, 5) is 22.7. The first-order valence-electron chi connectivity index (χ1n) is 8.44. The van der Waals surface area contributed by atoms with Crippen LogP contribution in [0.4, 0.5) is 22.1 Å². The van der Waals surface area contributed by atoms with Gasteiger partial charge >= 0.3 is 6.03 Å². The van der Waals surface area contributed by atoms with E-state index in [1.54, 1.807) is 6.07 Å². The fourth-order valence-electron chi connectivity index (χ4n) is 2.61. The Bertz CT molecular complexity index is 712. The summed E-state index contributed by atoms with van der Waals surface area (Å²) in [5, 5.41) is 5.56. The van der Waals surface area contributed by atoms with Crippen LogP contribution in [0.3, 0.4) is 0 Å². The van der Waals surface area contributed by atoms with E-state index in [1.165, 1.54) is 11.9 Å². The van der Waals surface area contributed by atoms with Crippen molar-refractivity contribution in [3.05, 3.63) is 42.2 Å². The monoisotopic (exact) mass is 341 g/mol. The Balaban J connectivity index is 1.60. The van der Waals surface area contributed by atoms with Crippen LogP contribution in [0.5, 0.6) is 0 Å². The molecule has 3 rings (SSSR count). The number of carbonyl (C=O) groups excluding carboxylic acids is 1. The van der Waals surface area contributed by atoms with Gasteiger partial charge in [-0.05, 0) is 23.6 Å². The highest BCUT2D eigenvalue weighted by atomic mass is 16.5. The van der Waals surface area contributed by atoms with Crippen LogP contribution in [0.25, 0.3) is 0 Å². The van der Waals surface area contributed by atoms with E-state index < -0.39 is 0 Å². The van der Waals surface area contributed by atoms with Gasteiger partial charge in [0.2, 0.25) is 0 Å². The van der Waals surface area contributed by atoms with Gasteiger partial charge in [0, 0.05) is 24.8 Å². The van der Waals surface area contributed by atoms with Crippen molar-refractivity contribution < 1.29 is 9.53 Å². The number of anilines is 3. The van der Waals surface area contributed by atoms with Crippen molar-refractivity contribution in [3.8, 4) is 0 Å². The smallest absolute Gasteiger partial charge is 0.324 e. The van der Waals surface area contributed by atoms with Crippen molar-refractivity contribution in [1.29, 1.82) is 0 Å². The lowest BCUT2D eigenvalue weighted by atomic mass is 10.0. The third-order valence-corrected chi connectivity index (χ3v) is 4.06. The minimum atomic E-state index is -0.330. The molecule has 7 heteroatoms. The Labute approximate surface area is 147 Å². The van der Waals surface area contributed by atoms with Crippen LogP contribution in [0.15, 0.2) is 36.7 Å². The van der Waals surface area contributed by atoms with E-state index in [1.807, 2.05) is 24.3 Å². The van der Waals surface area contributed by atoms with Gasteiger partial charge in [0.1, 0.15) is 18.0 Å². The second-order valence-corrected chi connectivity index (χ2v) is 6.22. The van der Waals surface area contributed by atoms with E-state index in [0.717, 1.165) is 24.6 Å². The second kappa shape index (κ2) is 7.94. The normalized spacial score (nSPS) is 14.4. The third kappa shape index (κ3) is 4.67. The van der Waals surface area contributed by atoms with Crippen molar-refractivity contribution >= 4 is 23.4 Å². The Kier molecular flexibility index (Phi) is 5.45. The molecular weight excluding hydrogens is 318 g/mol. The zero-order valence-corrected chi connectivity index (χ0v) is 14.5. The molecule has 1 aromatic carbocycles. The predicted octanol–water partition coefficient (Wildman–Crippen LogP) is 3.08. The number of nitrogens with one attached hydrogen (secondary N) is 2. The number of urea groups is 1.